The second-order valence-corrected chi connectivity index (χ2v) is 10.8. The summed E-state index contributed by atoms with van der Waals surface area (Å²) >= 11 is 6.32. The van der Waals surface area contributed by atoms with Crippen LogP contribution in [0.5, 0.6) is 0 Å². The number of aromatic nitrogens is 2. The molecule has 192 valence electrons. The molecule has 1 unspecified atom stereocenters. The number of rotatable bonds is 9. The van der Waals surface area contributed by atoms with Gasteiger partial charge in [-0.2, -0.15) is 0 Å². The Bertz CT molecular complexity index is 1310. The molecule has 1 aromatic heterocycles. The highest BCUT2D eigenvalue weighted by molar-refractivity contribution is 6.30. The Morgan fingerprint density at radius 1 is 1.00 bits per heavy atom. The monoisotopic (exact) mass is 514 g/mol. The van der Waals surface area contributed by atoms with Crippen molar-refractivity contribution in [2.45, 2.75) is 39.8 Å². The van der Waals surface area contributed by atoms with Gasteiger partial charge in [-0.05, 0) is 48.2 Å². The minimum atomic E-state index is -0.301. The lowest BCUT2D eigenvalue weighted by atomic mass is 9.84. The molecule has 1 amide bonds. The molecule has 0 aliphatic carbocycles. The maximum absolute atomic E-state index is 13.9. The molecule has 0 fully saturated rings. The number of nitrogens with two attached hydrogens (primary N) is 1. The van der Waals surface area contributed by atoms with Gasteiger partial charge in [0.05, 0.1) is 11.7 Å². The van der Waals surface area contributed by atoms with Crippen molar-refractivity contribution in [3.63, 3.8) is 0 Å². The van der Waals surface area contributed by atoms with E-state index in [1.165, 1.54) is 0 Å². The zero-order valence-electron chi connectivity index (χ0n) is 21.8. The van der Waals surface area contributed by atoms with E-state index in [0.29, 0.717) is 36.6 Å². The number of nitrogens with zero attached hydrogens (tertiary/aromatic N) is 3. The first kappa shape index (κ1) is 26.6. The van der Waals surface area contributed by atoms with Gasteiger partial charge in [0.25, 0.3) is 5.91 Å². The van der Waals surface area contributed by atoms with Crippen LogP contribution in [0, 0.1) is 5.41 Å². The van der Waals surface area contributed by atoms with Crippen LogP contribution in [-0.2, 0) is 6.54 Å². The minimum Gasteiger partial charge on any atom is -0.330 e. The van der Waals surface area contributed by atoms with Gasteiger partial charge in [-0.3, -0.25) is 4.79 Å². The summed E-state index contributed by atoms with van der Waals surface area (Å²) < 4.78 is 2.18. The number of carbonyl (C=O) groups excluding carboxylic acids is 1. The lowest BCUT2D eigenvalue weighted by Gasteiger charge is -2.40. The molecule has 6 heteroatoms. The Morgan fingerprint density at radius 2 is 1.68 bits per heavy atom. The van der Waals surface area contributed by atoms with Crippen LogP contribution in [0.4, 0.5) is 0 Å². The second kappa shape index (κ2) is 11.8. The third-order valence-corrected chi connectivity index (χ3v) is 6.62. The van der Waals surface area contributed by atoms with Crippen LogP contribution in [0.2, 0.25) is 5.02 Å². The van der Waals surface area contributed by atoms with Crippen molar-refractivity contribution in [3.8, 4) is 11.3 Å². The Hall–Kier alpha value is -3.41. The van der Waals surface area contributed by atoms with E-state index < -0.39 is 0 Å². The van der Waals surface area contributed by atoms with E-state index in [4.69, 9.17) is 22.3 Å². The number of carbonyl (C=O) groups is 1. The Balaban J connectivity index is 1.87. The molecule has 0 aliphatic rings. The van der Waals surface area contributed by atoms with Crippen molar-refractivity contribution in [2.75, 3.05) is 13.1 Å². The maximum atomic E-state index is 13.9. The molecule has 0 saturated carbocycles. The van der Waals surface area contributed by atoms with Gasteiger partial charge < -0.3 is 15.2 Å². The molecular formula is C31H35ClN4O. The van der Waals surface area contributed by atoms with Crippen molar-refractivity contribution < 1.29 is 4.79 Å². The van der Waals surface area contributed by atoms with Crippen LogP contribution in [0.3, 0.4) is 0 Å². The quantitative estimate of drug-likeness (QED) is 0.266. The van der Waals surface area contributed by atoms with Crippen molar-refractivity contribution >= 4 is 17.5 Å². The summed E-state index contributed by atoms with van der Waals surface area (Å²) in [4.78, 5) is 21.1. The molecule has 0 spiro atoms. The molecular weight excluding hydrogens is 480 g/mol. The Kier molecular flexibility index (Phi) is 8.47. The molecule has 1 heterocycles. The molecule has 5 nitrogen and oxygen atoms in total. The summed E-state index contributed by atoms with van der Waals surface area (Å²) in [6.07, 6.45) is 2.77. The lowest BCUT2D eigenvalue weighted by molar-refractivity contribution is 0.0482. The van der Waals surface area contributed by atoms with Crippen LogP contribution in [0.25, 0.3) is 11.3 Å². The fourth-order valence-corrected chi connectivity index (χ4v) is 4.88. The second-order valence-electron chi connectivity index (χ2n) is 10.4. The normalized spacial score (nSPS) is 12.4. The zero-order valence-corrected chi connectivity index (χ0v) is 22.5. The molecule has 1 atom stereocenters. The summed E-state index contributed by atoms with van der Waals surface area (Å²) in [5.74, 6) is 0.820. The summed E-state index contributed by atoms with van der Waals surface area (Å²) in [6, 6.07) is 27.2. The van der Waals surface area contributed by atoms with E-state index in [2.05, 4.69) is 43.7 Å². The molecule has 37 heavy (non-hydrogen) atoms. The average molecular weight is 515 g/mol. The van der Waals surface area contributed by atoms with E-state index in [1.807, 2.05) is 77.7 Å². The average Bonchev–Trinajstić information content (AvgIpc) is 3.29. The third kappa shape index (κ3) is 6.48. The highest BCUT2D eigenvalue weighted by Crippen LogP contribution is 2.40. The summed E-state index contributed by atoms with van der Waals surface area (Å²) in [7, 11) is 0. The minimum absolute atomic E-state index is 0.0208. The van der Waals surface area contributed by atoms with Crippen molar-refractivity contribution in [1.82, 2.24) is 14.5 Å². The smallest absolute Gasteiger partial charge is 0.254 e. The maximum Gasteiger partial charge on any atom is 0.254 e. The zero-order chi connectivity index (χ0) is 26.4. The van der Waals surface area contributed by atoms with Crippen LogP contribution in [0.1, 0.15) is 55.0 Å². The Morgan fingerprint density at radius 3 is 2.30 bits per heavy atom. The highest BCUT2D eigenvalue weighted by atomic mass is 35.5. The summed E-state index contributed by atoms with van der Waals surface area (Å²) in [5, 5.41) is 0.660. The first-order chi connectivity index (χ1) is 17.8. The van der Waals surface area contributed by atoms with Crippen LogP contribution < -0.4 is 5.73 Å². The number of hydrogen-bond donors (Lipinski definition) is 1. The van der Waals surface area contributed by atoms with Gasteiger partial charge in [0.2, 0.25) is 0 Å². The van der Waals surface area contributed by atoms with E-state index in [9.17, 15) is 4.79 Å². The van der Waals surface area contributed by atoms with Crippen LogP contribution in [-0.4, -0.2) is 33.4 Å². The van der Waals surface area contributed by atoms with Gasteiger partial charge >= 0.3 is 0 Å². The van der Waals surface area contributed by atoms with E-state index in [1.54, 1.807) is 0 Å². The van der Waals surface area contributed by atoms with Gasteiger partial charge in [0, 0.05) is 35.4 Å². The number of benzene rings is 3. The first-order valence-electron chi connectivity index (χ1n) is 12.7. The van der Waals surface area contributed by atoms with Gasteiger partial charge in [0.15, 0.2) is 0 Å². The number of hydrogen-bond acceptors (Lipinski definition) is 3. The van der Waals surface area contributed by atoms with Crippen LogP contribution in [0.15, 0.2) is 91.1 Å². The number of halogens is 1. The molecule has 3 aromatic carbocycles. The fraction of sp³-hybridized carbons (Fsp3) is 0.290. The Labute approximate surface area is 224 Å². The number of imidazole rings is 1. The predicted molar refractivity (Wildman–Crippen MR) is 152 cm³/mol. The molecule has 0 aliphatic heterocycles. The largest absolute Gasteiger partial charge is 0.330 e. The van der Waals surface area contributed by atoms with Crippen molar-refractivity contribution in [3.05, 3.63) is 113 Å². The van der Waals surface area contributed by atoms with Gasteiger partial charge in [-0.15, -0.1) is 0 Å². The van der Waals surface area contributed by atoms with Gasteiger partial charge in [0.1, 0.15) is 5.82 Å². The summed E-state index contributed by atoms with van der Waals surface area (Å²) in [5.41, 5.74) is 9.20. The molecule has 2 N–H and O–H groups in total. The first-order valence-corrected chi connectivity index (χ1v) is 13.1. The lowest BCUT2D eigenvalue weighted by Crippen LogP contribution is -2.43. The van der Waals surface area contributed by atoms with Gasteiger partial charge in [-0.1, -0.05) is 93.0 Å². The van der Waals surface area contributed by atoms with E-state index in [-0.39, 0.29) is 17.4 Å². The molecule has 4 aromatic rings. The molecule has 4 rings (SSSR count). The molecule has 0 bridgehead atoms. The third-order valence-electron chi connectivity index (χ3n) is 6.38. The summed E-state index contributed by atoms with van der Waals surface area (Å²) in [6.45, 7) is 8.16. The number of amides is 1. The van der Waals surface area contributed by atoms with Crippen molar-refractivity contribution in [2.24, 2.45) is 11.1 Å². The predicted octanol–water partition coefficient (Wildman–Crippen LogP) is 6.83. The van der Waals surface area contributed by atoms with Crippen LogP contribution >= 0.6 is 11.6 Å². The standard InChI is InChI=1S/C31H35ClN4O/c1-31(2,3)28(36(19-11-18-33)30(37)24-14-8-5-9-15-24)29-34-27(25-16-10-17-26(32)20-25)22-35(29)21-23-12-6-4-7-13-23/h4-10,12-17,20,22,28H,11,18-19,21,33H2,1-3H3. The molecule has 0 radical (unpaired) electrons. The van der Waals surface area contributed by atoms with E-state index in [0.717, 1.165) is 22.6 Å². The SMILES string of the molecule is CC(C)(C)C(c1nc(-c2cccc(Cl)c2)cn1Cc1ccccc1)N(CCCN)C(=O)c1ccccc1. The van der Waals surface area contributed by atoms with Crippen molar-refractivity contribution in [1.29, 1.82) is 0 Å². The van der Waals surface area contributed by atoms with E-state index >= 15 is 0 Å². The van der Waals surface area contributed by atoms with Gasteiger partial charge in [-0.25, -0.2) is 4.98 Å². The molecule has 0 saturated heterocycles. The highest BCUT2D eigenvalue weighted by Gasteiger charge is 2.38. The fourth-order valence-electron chi connectivity index (χ4n) is 4.69. The topological polar surface area (TPSA) is 64.2 Å².